The Kier molecular flexibility index (Phi) is 4.65. The number of hydrogen-bond donors (Lipinski definition) is 1. The van der Waals surface area contributed by atoms with Crippen molar-refractivity contribution in [2.24, 2.45) is 0 Å². The molecule has 4 rings (SSSR count). The summed E-state index contributed by atoms with van der Waals surface area (Å²) in [6.45, 7) is 4.24. The monoisotopic (exact) mass is 381 g/mol. The number of thioether (sulfide) groups is 1. The van der Waals surface area contributed by atoms with Crippen LogP contribution in [0.25, 0.3) is 16.2 Å². The van der Waals surface area contributed by atoms with Crippen molar-refractivity contribution in [2.75, 3.05) is 5.73 Å². The molecule has 3 heterocycles. The molecule has 0 bridgehead atoms. The Bertz CT molecular complexity index is 1020. The van der Waals surface area contributed by atoms with E-state index in [1.165, 1.54) is 5.56 Å². The Labute approximate surface area is 160 Å². The van der Waals surface area contributed by atoms with Crippen molar-refractivity contribution in [1.29, 1.82) is 0 Å². The molecule has 0 saturated heterocycles. The van der Waals surface area contributed by atoms with Crippen LogP contribution in [0.15, 0.2) is 53.0 Å². The summed E-state index contributed by atoms with van der Waals surface area (Å²) in [6, 6.07) is 14.4. The van der Waals surface area contributed by atoms with Gasteiger partial charge >= 0.3 is 0 Å². The molecule has 26 heavy (non-hydrogen) atoms. The number of benzene rings is 1. The zero-order chi connectivity index (χ0) is 18.1. The van der Waals surface area contributed by atoms with Crippen LogP contribution in [0.1, 0.15) is 31.0 Å². The van der Waals surface area contributed by atoms with E-state index >= 15 is 0 Å². The first-order valence-electron chi connectivity index (χ1n) is 8.40. The van der Waals surface area contributed by atoms with E-state index in [0.29, 0.717) is 16.8 Å². The SMILES string of the molecule is CC(C)c1nc2nc(SCc3ccccc3)nn2c(N)c1-c1cccs1. The first kappa shape index (κ1) is 17.1. The fraction of sp³-hybridized carbons (Fsp3) is 0.211. The number of anilines is 1. The molecule has 0 aliphatic carbocycles. The normalized spacial score (nSPS) is 11.5. The van der Waals surface area contributed by atoms with Gasteiger partial charge in [-0.1, -0.05) is 62.0 Å². The predicted molar refractivity (Wildman–Crippen MR) is 109 cm³/mol. The highest BCUT2D eigenvalue weighted by molar-refractivity contribution is 7.98. The molecule has 0 radical (unpaired) electrons. The Balaban J connectivity index is 1.75. The Hall–Kier alpha value is -2.38. The van der Waals surface area contributed by atoms with E-state index in [2.05, 4.69) is 42.1 Å². The molecule has 0 saturated carbocycles. The van der Waals surface area contributed by atoms with Crippen LogP contribution >= 0.6 is 23.1 Å². The van der Waals surface area contributed by atoms with Crippen molar-refractivity contribution < 1.29 is 0 Å². The number of nitrogens with two attached hydrogens (primary N) is 1. The average Bonchev–Trinajstić information content (AvgIpc) is 3.30. The number of rotatable bonds is 5. The van der Waals surface area contributed by atoms with Crippen LogP contribution < -0.4 is 5.73 Å². The van der Waals surface area contributed by atoms with Gasteiger partial charge in [-0.15, -0.1) is 16.4 Å². The molecule has 0 atom stereocenters. The van der Waals surface area contributed by atoms with Crippen LogP contribution in [-0.2, 0) is 5.75 Å². The Morgan fingerprint density at radius 1 is 1.12 bits per heavy atom. The molecule has 5 nitrogen and oxygen atoms in total. The van der Waals surface area contributed by atoms with E-state index in [1.54, 1.807) is 27.6 Å². The van der Waals surface area contributed by atoms with Gasteiger partial charge in [0.25, 0.3) is 5.78 Å². The van der Waals surface area contributed by atoms with Crippen molar-refractivity contribution in [3.8, 4) is 10.4 Å². The summed E-state index contributed by atoms with van der Waals surface area (Å²) in [5.41, 5.74) is 9.65. The summed E-state index contributed by atoms with van der Waals surface area (Å²) >= 11 is 3.25. The zero-order valence-corrected chi connectivity index (χ0v) is 16.2. The number of thiophene rings is 1. The summed E-state index contributed by atoms with van der Waals surface area (Å²) in [6.07, 6.45) is 0. The maximum absolute atomic E-state index is 6.49. The molecule has 132 valence electrons. The van der Waals surface area contributed by atoms with Gasteiger partial charge in [-0.3, -0.25) is 0 Å². The fourth-order valence-corrected chi connectivity index (χ4v) is 4.36. The summed E-state index contributed by atoms with van der Waals surface area (Å²) in [5.74, 6) is 2.21. The van der Waals surface area contributed by atoms with Crippen LogP contribution in [0.5, 0.6) is 0 Å². The van der Waals surface area contributed by atoms with Gasteiger partial charge in [-0.05, 0) is 22.9 Å². The number of nitrogens with zero attached hydrogens (tertiary/aromatic N) is 4. The molecule has 0 unspecified atom stereocenters. The van der Waals surface area contributed by atoms with Gasteiger partial charge in [-0.25, -0.2) is 4.98 Å². The van der Waals surface area contributed by atoms with Crippen LogP contribution in [0.4, 0.5) is 5.82 Å². The molecular weight excluding hydrogens is 362 g/mol. The minimum Gasteiger partial charge on any atom is -0.383 e. The highest BCUT2D eigenvalue weighted by atomic mass is 32.2. The Morgan fingerprint density at radius 3 is 2.62 bits per heavy atom. The van der Waals surface area contributed by atoms with Gasteiger partial charge in [0.05, 0.1) is 11.3 Å². The molecule has 7 heteroatoms. The average molecular weight is 382 g/mol. The smallest absolute Gasteiger partial charge is 0.255 e. The van der Waals surface area contributed by atoms with Crippen molar-refractivity contribution >= 4 is 34.7 Å². The first-order valence-corrected chi connectivity index (χ1v) is 10.3. The van der Waals surface area contributed by atoms with E-state index in [0.717, 1.165) is 21.9 Å². The highest BCUT2D eigenvalue weighted by Crippen LogP contribution is 2.36. The number of aromatic nitrogens is 4. The number of nitrogen functional groups attached to an aromatic ring is 1. The maximum Gasteiger partial charge on any atom is 0.255 e. The van der Waals surface area contributed by atoms with E-state index in [-0.39, 0.29) is 5.92 Å². The first-order chi connectivity index (χ1) is 12.6. The Morgan fingerprint density at radius 2 is 1.92 bits per heavy atom. The second-order valence-electron chi connectivity index (χ2n) is 6.27. The molecule has 2 N–H and O–H groups in total. The maximum atomic E-state index is 6.49. The lowest BCUT2D eigenvalue weighted by atomic mass is 10.0. The molecule has 0 aliphatic rings. The van der Waals surface area contributed by atoms with E-state index < -0.39 is 0 Å². The summed E-state index contributed by atoms with van der Waals surface area (Å²) < 4.78 is 1.66. The van der Waals surface area contributed by atoms with E-state index in [1.807, 2.05) is 29.6 Å². The lowest BCUT2D eigenvalue weighted by Crippen LogP contribution is -2.08. The largest absolute Gasteiger partial charge is 0.383 e. The third-order valence-electron chi connectivity index (χ3n) is 4.06. The van der Waals surface area contributed by atoms with Gasteiger partial charge in [-0.2, -0.15) is 9.50 Å². The molecular formula is C19H19N5S2. The minimum absolute atomic E-state index is 0.247. The fourth-order valence-electron chi connectivity index (χ4n) is 2.79. The summed E-state index contributed by atoms with van der Waals surface area (Å²) in [7, 11) is 0. The summed E-state index contributed by atoms with van der Waals surface area (Å²) in [5, 5.41) is 7.32. The lowest BCUT2D eigenvalue weighted by molar-refractivity contribution is 0.811. The van der Waals surface area contributed by atoms with Crippen LogP contribution in [-0.4, -0.2) is 19.6 Å². The summed E-state index contributed by atoms with van der Waals surface area (Å²) in [4.78, 5) is 10.5. The second kappa shape index (κ2) is 7.09. The standard InChI is InChI=1S/C19H19N5S2/c1-12(2)16-15(14-9-6-10-25-14)17(20)24-18(21-16)22-19(23-24)26-11-13-7-4-3-5-8-13/h3-10,12H,11,20H2,1-2H3. The van der Waals surface area contributed by atoms with Crippen LogP contribution in [0.2, 0.25) is 0 Å². The molecule has 0 amide bonds. The molecule has 0 fully saturated rings. The van der Waals surface area contributed by atoms with Crippen molar-refractivity contribution in [1.82, 2.24) is 19.6 Å². The van der Waals surface area contributed by atoms with Gasteiger partial charge in [0.1, 0.15) is 5.82 Å². The number of fused-ring (bicyclic) bond motifs is 1. The van der Waals surface area contributed by atoms with Gasteiger partial charge < -0.3 is 5.73 Å². The quantitative estimate of drug-likeness (QED) is 0.500. The molecule has 3 aromatic heterocycles. The molecule has 1 aromatic carbocycles. The van der Waals surface area contributed by atoms with E-state index in [4.69, 9.17) is 10.7 Å². The lowest BCUT2D eigenvalue weighted by Gasteiger charge is -2.13. The highest BCUT2D eigenvalue weighted by Gasteiger charge is 2.20. The van der Waals surface area contributed by atoms with Gasteiger partial charge in [0.15, 0.2) is 0 Å². The van der Waals surface area contributed by atoms with Gasteiger partial charge in [0.2, 0.25) is 5.16 Å². The van der Waals surface area contributed by atoms with Crippen molar-refractivity contribution in [3.05, 3.63) is 59.1 Å². The molecule has 0 spiro atoms. The van der Waals surface area contributed by atoms with Crippen molar-refractivity contribution in [3.63, 3.8) is 0 Å². The third kappa shape index (κ3) is 3.20. The molecule has 0 aliphatic heterocycles. The zero-order valence-electron chi connectivity index (χ0n) is 14.6. The number of hydrogen-bond acceptors (Lipinski definition) is 6. The third-order valence-corrected chi connectivity index (χ3v) is 5.85. The molecule has 4 aromatic rings. The topological polar surface area (TPSA) is 69.1 Å². The van der Waals surface area contributed by atoms with Crippen LogP contribution in [0.3, 0.4) is 0 Å². The minimum atomic E-state index is 0.247. The second-order valence-corrected chi connectivity index (χ2v) is 8.16. The van der Waals surface area contributed by atoms with E-state index in [9.17, 15) is 0 Å². The predicted octanol–water partition coefficient (Wildman–Crippen LogP) is 4.85. The van der Waals surface area contributed by atoms with Crippen LogP contribution in [0, 0.1) is 0 Å². The van der Waals surface area contributed by atoms with Crippen molar-refractivity contribution in [2.45, 2.75) is 30.7 Å². The van der Waals surface area contributed by atoms with Gasteiger partial charge in [0, 0.05) is 10.6 Å².